The van der Waals surface area contributed by atoms with E-state index < -0.39 is 0 Å². The zero-order valence-corrected chi connectivity index (χ0v) is 11.8. The number of nitrogens with one attached hydrogen (secondary N) is 2. The second-order valence-corrected chi connectivity index (χ2v) is 6.17. The summed E-state index contributed by atoms with van der Waals surface area (Å²) >= 11 is 1.30. The minimum Gasteiger partial charge on any atom is -0.382 e. The number of rotatable bonds is 4. The first-order valence-electron chi connectivity index (χ1n) is 6.66. The molecule has 1 aromatic rings. The lowest BCUT2D eigenvalue weighted by molar-refractivity contribution is 0.0942. The number of carbonyl (C=O) groups is 1. The van der Waals surface area contributed by atoms with Crippen LogP contribution in [0, 0.1) is 0 Å². The molecule has 1 unspecified atom stereocenters. The minimum absolute atomic E-state index is 0.0980. The third-order valence-corrected chi connectivity index (χ3v) is 4.78. The van der Waals surface area contributed by atoms with Gasteiger partial charge in [0.15, 0.2) is 5.13 Å². The third kappa shape index (κ3) is 2.66. The van der Waals surface area contributed by atoms with Crippen molar-refractivity contribution < 1.29 is 4.79 Å². The average molecular weight is 281 g/mol. The highest BCUT2D eigenvalue weighted by atomic mass is 32.1. The number of nitrogen functional groups attached to an aromatic ring is 1. The molecule has 2 fully saturated rings. The first-order valence-corrected chi connectivity index (χ1v) is 7.48. The summed E-state index contributed by atoms with van der Waals surface area (Å²) in [6, 6.07) is 1.01. The van der Waals surface area contributed by atoms with Gasteiger partial charge < -0.3 is 16.4 Å². The SMILES string of the molecule is CNc1nc(N)c(C(=O)NC2CCN(C3CC3)C2)s1. The van der Waals surface area contributed by atoms with Crippen molar-refractivity contribution >= 4 is 28.2 Å². The molecule has 1 atom stereocenters. The maximum atomic E-state index is 12.2. The fraction of sp³-hybridized carbons (Fsp3) is 0.667. The zero-order valence-electron chi connectivity index (χ0n) is 11.0. The fourth-order valence-electron chi connectivity index (χ4n) is 2.53. The van der Waals surface area contributed by atoms with Gasteiger partial charge in [0.25, 0.3) is 5.91 Å². The summed E-state index contributed by atoms with van der Waals surface area (Å²) in [5.41, 5.74) is 5.77. The Kier molecular flexibility index (Phi) is 3.32. The van der Waals surface area contributed by atoms with E-state index in [0.29, 0.717) is 15.8 Å². The number of hydrogen-bond donors (Lipinski definition) is 3. The molecule has 2 aliphatic rings. The zero-order chi connectivity index (χ0) is 13.4. The van der Waals surface area contributed by atoms with Gasteiger partial charge in [0.2, 0.25) is 0 Å². The van der Waals surface area contributed by atoms with E-state index in [1.807, 2.05) is 0 Å². The smallest absolute Gasteiger partial charge is 0.265 e. The van der Waals surface area contributed by atoms with Crippen LogP contribution in [0.3, 0.4) is 0 Å². The van der Waals surface area contributed by atoms with Crippen LogP contribution in [0.1, 0.15) is 28.9 Å². The van der Waals surface area contributed by atoms with Crippen molar-refractivity contribution in [2.24, 2.45) is 0 Å². The molecular formula is C12H19N5OS. The number of carbonyl (C=O) groups excluding carboxylic acids is 1. The van der Waals surface area contributed by atoms with E-state index in [9.17, 15) is 4.79 Å². The van der Waals surface area contributed by atoms with Crippen molar-refractivity contribution in [1.29, 1.82) is 0 Å². The number of aromatic nitrogens is 1. The molecule has 7 heteroatoms. The maximum absolute atomic E-state index is 12.2. The summed E-state index contributed by atoms with van der Waals surface area (Å²) in [6.45, 7) is 2.06. The Morgan fingerprint density at radius 3 is 2.89 bits per heavy atom. The summed E-state index contributed by atoms with van der Waals surface area (Å²) in [5, 5.41) is 6.65. The number of thiazole rings is 1. The summed E-state index contributed by atoms with van der Waals surface area (Å²) in [7, 11) is 1.77. The van der Waals surface area contributed by atoms with Crippen LogP contribution in [-0.2, 0) is 0 Å². The lowest BCUT2D eigenvalue weighted by Crippen LogP contribution is -2.37. The topological polar surface area (TPSA) is 83.3 Å². The van der Waals surface area contributed by atoms with E-state index in [1.54, 1.807) is 7.05 Å². The molecule has 1 amide bonds. The van der Waals surface area contributed by atoms with Crippen LogP contribution in [0.15, 0.2) is 0 Å². The van der Waals surface area contributed by atoms with Crippen LogP contribution < -0.4 is 16.4 Å². The van der Waals surface area contributed by atoms with Crippen molar-refractivity contribution in [3.8, 4) is 0 Å². The van der Waals surface area contributed by atoms with E-state index in [2.05, 4.69) is 20.5 Å². The molecule has 0 aromatic carbocycles. The first-order chi connectivity index (χ1) is 9.17. The number of amides is 1. The van der Waals surface area contributed by atoms with Crippen LogP contribution in [0.4, 0.5) is 10.9 Å². The van der Waals surface area contributed by atoms with Gasteiger partial charge in [-0.05, 0) is 19.3 Å². The van der Waals surface area contributed by atoms with Gasteiger partial charge in [-0.25, -0.2) is 4.98 Å². The van der Waals surface area contributed by atoms with Crippen molar-refractivity contribution in [2.45, 2.75) is 31.3 Å². The Labute approximate surface area is 116 Å². The highest BCUT2D eigenvalue weighted by Crippen LogP contribution is 2.30. The third-order valence-electron chi connectivity index (χ3n) is 3.69. The number of nitrogens with zero attached hydrogens (tertiary/aromatic N) is 2. The molecule has 6 nitrogen and oxygen atoms in total. The Morgan fingerprint density at radius 1 is 1.47 bits per heavy atom. The van der Waals surface area contributed by atoms with Gasteiger partial charge in [-0.3, -0.25) is 9.69 Å². The number of hydrogen-bond acceptors (Lipinski definition) is 6. The molecule has 2 heterocycles. The molecule has 0 bridgehead atoms. The van der Waals surface area contributed by atoms with Gasteiger partial charge in [0, 0.05) is 32.2 Å². The lowest BCUT2D eigenvalue weighted by atomic mass is 10.2. The molecule has 19 heavy (non-hydrogen) atoms. The Morgan fingerprint density at radius 2 is 2.26 bits per heavy atom. The quantitative estimate of drug-likeness (QED) is 0.758. The van der Waals surface area contributed by atoms with E-state index in [-0.39, 0.29) is 11.9 Å². The van der Waals surface area contributed by atoms with Crippen molar-refractivity contribution in [3.63, 3.8) is 0 Å². The Balaban J connectivity index is 1.59. The van der Waals surface area contributed by atoms with Crippen LogP contribution in [0.5, 0.6) is 0 Å². The van der Waals surface area contributed by atoms with Gasteiger partial charge in [0.1, 0.15) is 10.7 Å². The number of anilines is 2. The molecule has 1 aromatic heterocycles. The molecule has 1 aliphatic carbocycles. The van der Waals surface area contributed by atoms with Crippen LogP contribution in [-0.4, -0.2) is 48.0 Å². The number of nitrogens with two attached hydrogens (primary N) is 1. The van der Waals surface area contributed by atoms with Crippen molar-refractivity contribution in [2.75, 3.05) is 31.2 Å². The van der Waals surface area contributed by atoms with Gasteiger partial charge in [0.05, 0.1) is 0 Å². The van der Waals surface area contributed by atoms with Gasteiger partial charge >= 0.3 is 0 Å². The second-order valence-electron chi connectivity index (χ2n) is 5.17. The number of likely N-dealkylation sites (tertiary alicyclic amines) is 1. The summed E-state index contributed by atoms with van der Waals surface area (Å²) in [4.78, 5) is 19.2. The van der Waals surface area contributed by atoms with Gasteiger partial charge in [-0.15, -0.1) is 0 Å². The molecule has 4 N–H and O–H groups in total. The Bertz CT molecular complexity index is 484. The van der Waals surface area contributed by atoms with Gasteiger partial charge in [-0.1, -0.05) is 11.3 Å². The first kappa shape index (κ1) is 12.7. The van der Waals surface area contributed by atoms with Crippen molar-refractivity contribution in [3.05, 3.63) is 4.88 Å². The summed E-state index contributed by atoms with van der Waals surface area (Å²) in [6.07, 6.45) is 3.65. The van der Waals surface area contributed by atoms with E-state index in [0.717, 1.165) is 25.6 Å². The highest BCUT2D eigenvalue weighted by Gasteiger charge is 2.35. The molecule has 1 saturated heterocycles. The average Bonchev–Trinajstić information content (AvgIpc) is 3.02. The van der Waals surface area contributed by atoms with Crippen LogP contribution in [0.25, 0.3) is 0 Å². The van der Waals surface area contributed by atoms with E-state index in [1.165, 1.54) is 24.2 Å². The van der Waals surface area contributed by atoms with Gasteiger partial charge in [-0.2, -0.15) is 0 Å². The van der Waals surface area contributed by atoms with Crippen LogP contribution >= 0.6 is 11.3 Å². The second kappa shape index (κ2) is 4.97. The predicted molar refractivity (Wildman–Crippen MR) is 76.5 cm³/mol. The summed E-state index contributed by atoms with van der Waals surface area (Å²) in [5.74, 6) is 0.211. The molecule has 0 radical (unpaired) electrons. The monoisotopic (exact) mass is 281 g/mol. The minimum atomic E-state index is -0.0980. The Hall–Kier alpha value is -1.34. The standard InChI is InChI=1S/C12H19N5OS/c1-14-12-16-10(13)9(19-12)11(18)15-7-4-5-17(6-7)8-2-3-8/h7-8H,2-6,13H2,1H3,(H,14,16)(H,15,18). The van der Waals surface area contributed by atoms with Crippen molar-refractivity contribution in [1.82, 2.24) is 15.2 Å². The molecule has 0 spiro atoms. The fourth-order valence-corrected chi connectivity index (χ4v) is 3.27. The van der Waals surface area contributed by atoms with E-state index >= 15 is 0 Å². The van der Waals surface area contributed by atoms with E-state index in [4.69, 9.17) is 5.73 Å². The highest BCUT2D eigenvalue weighted by molar-refractivity contribution is 7.18. The largest absolute Gasteiger partial charge is 0.382 e. The maximum Gasteiger partial charge on any atom is 0.265 e. The molecule has 1 aliphatic heterocycles. The summed E-state index contributed by atoms with van der Waals surface area (Å²) < 4.78 is 0. The lowest BCUT2D eigenvalue weighted by Gasteiger charge is -2.15. The molecule has 1 saturated carbocycles. The van der Waals surface area contributed by atoms with Crippen LogP contribution in [0.2, 0.25) is 0 Å². The predicted octanol–water partition coefficient (Wildman–Crippen LogP) is 0.734. The molecule has 104 valence electrons. The normalized spacial score (nSPS) is 23.5. The molecular weight excluding hydrogens is 262 g/mol. The molecule has 3 rings (SSSR count).